The molecule has 0 spiro atoms. The monoisotopic (exact) mass is 436 g/mol. The van der Waals surface area contributed by atoms with Crippen LogP contribution in [-0.4, -0.2) is 13.0 Å². The number of fused-ring (bicyclic) bond motifs is 1. The van der Waals surface area contributed by atoms with Gasteiger partial charge in [-0.2, -0.15) is 0 Å². The highest BCUT2D eigenvalue weighted by atomic mass is 79.9. The van der Waals surface area contributed by atoms with Crippen LogP contribution in [0.3, 0.4) is 0 Å². The van der Waals surface area contributed by atoms with Crippen LogP contribution < -0.4 is 10.2 Å². The van der Waals surface area contributed by atoms with Gasteiger partial charge in [0.2, 0.25) is 5.91 Å². The molecule has 0 unspecified atom stereocenters. The molecule has 23 heavy (non-hydrogen) atoms. The van der Waals surface area contributed by atoms with Crippen LogP contribution in [-0.2, 0) is 17.8 Å². The van der Waals surface area contributed by atoms with Crippen LogP contribution in [0.15, 0.2) is 39.3 Å². The van der Waals surface area contributed by atoms with Crippen LogP contribution in [0.2, 0.25) is 0 Å². The number of carbonyl (C=O) groups is 1. The standard InChI is InChI=1S/C18H18Br2N2O/c1-11-7-16(20)13(9-15(11)19)10-21-14-4-5-17-12(8-14)3-6-18(23)22(17)2/h4-5,7-9,21H,3,6,10H2,1-2H3. The van der Waals surface area contributed by atoms with Crippen LogP contribution in [0.25, 0.3) is 0 Å². The quantitative estimate of drug-likeness (QED) is 0.729. The maximum absolute atomic E-state index is 11.7. The second-order valence-corrected chi connectivity index (χ2v) is 7.55. The fourth-order valence-corrected chi connectivity index (χ4v) is 3.78. The summed E-state index contributed by atoms with van der Waals surface area (Å²) in [6.07, 6.45) is 1.40. The average molecular weight is 438 g/mol. The van der Waals surface area contributed by atoms with E-state index in [9.17, 15) is 4.79 Å². The number of nitrogens with one attached hydrogen (secondary N) is 1. The van der Waals surface area contributed by atoms with E-state index in [4.69, 9.17) is 0 Å². The van der Waals surface area contributed by atoms with Crippen LogP contribution in [0.4, 0.5) is 11.4 Å². The van der Waals surface area contributed by atoms with Crippen molar-refractivity contribution in [2.45, 2.75) is 26.3 Å². The molecule has 0 radical (unpaired) electrons. The Morgan fingerprint density at radius 3 is 2.70 bits per heavy atom. The summed E-state index contributed by atoms with van der Waals surface area (Å²) in [5.41, 5.74) is 5.73. The summed E-state index contributed by atoms with van der Waals surface area (Å²) < 4.78 is 2.22. The van der Waals surface area contributed by atoms with Crippen molar-refractivity contribution in [3.63, 3.8) is 0 Å². The van der Waals surface area contributed by atoms with Crippen molar-refractivity contribution in [1.82, 2.24) is 0 Å². The molecule has 2 aromatic rings. The van der Waals surface area contributed by atoms with Gasteiger partial charge in [-0.15, -0.1) is 0 Å². The highest BCUT2D eigenvalue weighted by Gasteiger charge is 2.20. The van der Waals surface area contributed by atoms with Gasteiger partial charge in [-0.05, 0) is 60.4 Å². The molecule has 5 heteroatoms. The zero-order chi connectivity index (χ0) is 16.6. The Labute approximate surface area is 153 Å². The lowest BCUT2D eigenvalue weighted by Crippen LogP contribution is -2.31. The summed E-state index contributed by atoms with van der Waals surface area (Å²) in [6.45, 7) is 2.82. The first kappa shape index (κ1) is 16.5. The van der Waals surface area contributed by atoms with Crippen molar-refractivity contribution >= 4 is 49.1 Å². The molecule has 2 aromatic carbocycles. The summed E-state index contributed by atoms with van der Waals surface area (Å²) >= 11 is 7.21. The molecular formula is C18H18Br2N2O. The molecule has 0 aliphatic carbocycles. The van der Waals surface area contributed by atoms with Crippen molar-refractivity contribution in [3.05, 3.63) is 56.0 Å². The number of hydrogen-bond donors (Lipinski definition) is 1. The molecule has 0 saturated heterocycles. The van der Waals surface area contributed by atoms with Crippen molar-refractivity contribution in [2.24, 2.45) is 0 Å². The zero-order valence-corrected chi connectivity index (χ0v) is 16.3. The summed E-state index contributed by atoms with van der Waals surface area (Å²) in [7, 11) is 1.84. The molecule has 1 amide bonds. The first-order chi connectivity index (χ1) is 11.0. The van der Waals surface area contributed by atoms with Crippen LogP contribution in [0, 0.1) is 6.92 Å². The number of rotatable bonds is 3. The molecular weight excluding hydrogens is 420 g/mol. The SMILES string of the molecule is Cc1cc(Br)c(CNc2ccc3c(c2)CCC(=O)N3C)cc1Br. The number of aryl methyl sites for hydroxylation is 2. The van der Waals surface area contributed by atoms with E-state index in [1.54, 1.807) is 4.90 Å². The van der Waals surface area contributed by atoms with Crippen LogP contribution in [0.5, 0.6) is 0 Å². The van der Waals surface area contributed by atoms with E-state index in [1.807, 2.05) is 19.2 Å². The van der Waals surface area contributed by atoms with E-state index >= 15 is 0 Å². The Kier molecular flexibility index (Phi) is 4.78. The fraction of sp³-hybridized carbons (Fsp3) is 0.278. The average Bonchev–Trinajstić information content (AvgIpc) is 2.53. The van der Waals surface area contributed by atoms with E-state index in [1.165, 1.54) is 16.7 Å². The summed E-state index contributed by atoms with van der Waals surface area (Å²) in [5, 5.41) is 3.47. The molecule has 1 aliphatic heterocycles. The number of hydrogen-bond acceptors (Lipinski definition) is 2. The molecule has 0 bridgehead atoms. The third kappa shape index (κ3) is 3.45. The lowest BCUT2D eigenvalue weighted by molar-refractivity contribution is -0.118. The van der Waals surface area contributed by atoms with Gasteiger partial charge in [0.15, 0.2) is 0 Å². The molecule has 0 fully saturated rings. The maximum atomic E-state index is 11.7. The number of nitrogens with zero attached hydrogens (tertiary/aromatic N) is 1. The van der Waals surface area contributed by atoms with Crippen molar-refractivity contribution < 1.29 is 4.79 Å². The topological polar surface area (TPSA) is 32.3 Å². The highest BCUT2D eigenvalue weighted by Crippen LogP contribution is 2.30. The van der Waals surface area contributed by atoms with E-state index in [-0.39, 0.29) is 5.91 Å². The summed E-state index contributed by atoms with van der Waals surface area (Å²) in [6, 6.07) is 10.5. The molecule has 1 aliphatic rings. The minimum atomic E-state index is 0.187. The second kappa shape index (κ2) is 6.65. The molecule has 1 N–H and O–H groups in total. The fourth-order valence-electron chi connectivity index (χ4n) is 2.79. The number of halogens is 2. The van der Waals surface area contributed by atoms with Crippen molar-refractivity contribution in [2.75, 3.05) is 17.3 Å². The predicted molar refractivity (Wildman–Crippen MR) is 102 cm³/mol. The first-order valence-electron chi connectivity index (χ1n) is 7.53. The van der Waals surface area contributed by atoms with Gasteiger partial charge in [0.05, 0.1) is 0 Å². The largest absolute Gasteiger partial charge is 0.381 e. The molecule has 1 heterocycles. The van der Waals surface area contributed by atoms with Crippen LogP contribution >= 0.6 is 31.9 Å². The smallest absolute Gasteiger partial charge is 0.227 e. The summed E-state index contributed by atoms with van der Waals surface area (Å²) in [5.74, 6) is 0.187. The number of anilines is 2. The lowest BCUT2D eigenvalue weighted by atomic mass is 10.0. The third-order valence-corrected chi connectivity index (χ3v) is 5.83. The minimum Gasteiger partial charge on any atom is -0.381 e. The molecule has 3 nitrogen and oxygen atoms in total. The molecule has 0 aromatic heterocycles. The van der Waals surface area contributed by atoms with Gasteiger partial charge >= 0.3 is 0 Å². The highest BCUT2D eigenvalue weighted by molar-refractivity contribution is 9.11. The Morgan fingerprint density at radius 2 is 1.91 bits per heavy atom. The number of benzene rings is 2. The van der Waals surface area contributed by atoms with E-state index < -0.39 is 0 Å². The molecule has 0 atom stereocenters. The number of amides is 1. The summed E-state index contributed by atoms with van der Waals surface area (Å²) in [4.78, 5) is 13.5. The Bertz CT molecular complexity index is 774. The zero-order valence-electron chi connectivity index (χ0n) is 13.1. The van der Waals surface area contributed by atoms with Gasteiger partial charge in [0.1, 0.15) is 0 Å². The van der Waals surface area contributed by atoms with Gasteiger partial charge < -0.3 is 10.2 Å². The van der Waals surface area contributed by atoms with E-state index in [0.717, 1.165) is 33.3 Å². The molecule has 0 saturated carbocycles. The van der Waals surface area contributed by atoms with Crippen molar-refractivity contribution in [3.8, 4) is 0 Å². The van der Waals surface area contributed by atoms with E-state index in [2.05, 4.69) is 62.3 Å². The molecule has 3 rings (SSSR count). The van der Waals surface area contributed by atoms with Crippen molar-refractivity contribution in [1.29, 1.82) is 0 Å². The van der Waals surface area contributed by atoms with Gasteiger partial charge in [-0.25, -0.2) is 0 Å². The van der Waals surface area contributed by atoms with Gasteiger partial charge in [-0.3, -0.25) is 4.79 Å². The van der Waals surface area contributed by atoms with Gasteiger partial charge in [0, 0.05) is 40.3 Å². The van der Waals surface area contributed by atoms with Crippen LogP contribution in [0.1, 0.15) is 23.1 Å². The first-order valence-corrected chi connectivity index (χ1v) is 9.12. The normalized spacial score (nSPS) is 13.9. The van der Waals surface area contributed by atoms with Gasteiger partial charge in [-0.1, -0.05) is 31.9 Å². The minimum absolute atomic E-state index is 0.187. The Morgan fingerprint density at radius 1 is 1.13 bits per heavy atom. The second-order valence-electron chi connectivity index (χ2n) is 5.84. The predicted octanol–water partition coefficient (Wildman–Crippen LogP) is 5.04. The lowest BCUT2D eigenvalue weighted by Gasteiger charge is -2.26. The molecule has 120 valence electrons. The number of carbonyl (C=O) groups excluding carboxylic acids is 1. The maximum Gasteiger partial charge on any atom is 0.227 e. The third-order valence-electron chi connectivity index (χ3n) is 4.23. The Hall–Kier alpha value is -1.33. The Balaban J connectivity index is 1.77. The van der Waals surface area contributed by atoms with E-state index in [0.29, 0.717) is 6.42 Å². The van der Waals surface area contributed by atoms with Gasteiger partial charge in [0.25, 0.3) is 0 Å².